The van der Waals surface area contributed by atoms with Crippen LogP contribution in [-0.2, 0) is 6.54 Å². The Morgan fingerprint density at radius 1 is 1.19 bits per heavy atom. The second kappa shape index (κ2) is 6.74. The predicted molar refractivity (Wildman–Crippen MR) is 84.6 cm³/mol. The fraction of sp³-hybridized carbons (Fsp3) is 0.188. The number of likely N-dealkylation sites (N-methyl/N-ethyl adjacent to an activating group) is 1. The first kappa shape index (κ1) is 15.5. The van der Waals surface area contributed by atoms with Crippen molar-refractivity contribution >= 4 is 21.7 Å². The summed E-state index contributed by atoms with van der Waals surface area (Å²) in [5, 5.41) is 18.9. The number of hydrogen-bond acceptors (Lipinski definition) is 4. The summed E-state index contributed by atoms with van der Waals surface area (Å²) < 4.78 is 0.997. The van der Waals surface area contributed by atoms with Gasteiger partial charge in [0, 0.05) is 17.1 Å². The van der Waals surface area contributed by atoms with Gasteiger partial charge in [0.1, 0.15) is 11.5 Å². The van der Waals surface area contributed by atoms with Gasteiger partial charge in [0.2, 0.25) is 0 Å². The van der Waals surface area contributed by atoms with E-state index < -0.39 is 0 Å². The molecule has 2 N–H and O–H groups in total. The molecule has 0 aliphatic heterocycles. The largest absolute Gasteiger partial charge is 0.508 e. The van der Waals surface area contributed by atoms with Gasteiger partial charge in [-0.15, -0.1) is 0 Å². The second-order valence-corrected chi connectivity index (χ2v) is 5.74. The second-order valence-electron chi connectivity index (χ2n) is 4.89. The van der Waals surface area contributed by atoms with E-state index in [1.807, 2.05) is 36.2 Å². The van der Waals surface area contributed by atoms with Crippen LogP contribution in [0.5, 0.6) is 11.5 Å². The number of phenolic OH excluding ortho intramolecular Hbond substituents is 2. The topological polar surface area (TPSA) is 60.8 Å². The molecule has 21 heavy (non-hydrogen) atoms. The number of carbonyl (C=O) groups excluding carboxylic acids is 1. The molecule has 0 fully saturated rings. The highest BCUT2D eigenvalue weighted by atomic mass is 79.9. The minimum absolute atomic E-state index is 0.0642. The molecule has 0 unspecified atom stereocenters. The summed E-state index contributed by atoms with van der Waals surface area (Å²) in [6, 6.07) is 11.8. The minimum atomic E-state index is -0.200. The summed E-state index contributed by atoms with van der Waals surface area (Å²) in [5.74, 6) is -0.457. The molecule has 2 rings (SSSR count). The van der Waals surface area contributed by atoms with Gasteiger partial charge in [-0.2, -0.15) is 0 Å². The van der Waals surface area contributed by atoms with E-state index in [9.17, 15) is 15.0 Å². The standard InChI is InChI=1S/C16H16BrNO3/c1-18(9-11-4-2-3-5-14(11)17)10-16(21)13-7-6-12(19)8-15(13)20/h2-8,19-20H,9-10H2,1H3. The van der Waals surface area contributed by atoms with E-state index >= 15 is 0 Å². The van der Waals surface area contributed by atoms with Crippen LogP contribution in [0.3, 0.4) is 0 Å². The molecule has 110 valence electrons. The van der Waals surface area contributed by atoms with Crippen molar-refractivity contribution in [2.24, 2.45) is 0 Å². The fourth-order valence-corrected chi connectivity index (χ4v) is 2.47. The highest BCUT2D eigenvalue weighted by Gasteiger charge is 2.14. The smallest absolute Gasteiger partial charge is 0.180 e. The lowest BCUT2D eigenvalue weighted by atomic mass is 10.1. The van der Waals surface area contributed by atoms with Crippen molar-refractivity contribution in [1.82, 2.24) is 4.90 Å². The molecule has 2 aromatic carbocycles. The Balaban J connectivity index is 2.04. The number of halogens is 1. The average Bonchev–Trinajstić information content (AvgIpc) is 2.41. The van der Waals surface area contributed by atoms with Crippen LogP contribution in [0.15, 0.2) is 46.9 Å². The lowest BCUT2D eigenvalue weighted by Crippen LogP contribution is -2.25. The molecule has 0 atom stereocenters. The minimum Gasteiger partial charge on any atom is -0.508 e. The van der Waals surface area contributed by atoms with E-state index in [-0.39, 0.29) is 29.4 Å². The third-order valence-electron chi connectivity index (χ3n) is 3.09. The summed E-state index contributed by atoms with van der Waals surface area (Å²) in [5.41, 5.74) is 1.30. The van der Waals surface area contributed by atoms with Gasteiger partial charge in [0.05, 0.1) is 12.1 Å². The molecule has 0 bridgehead atoms. The van der Waals surface area contributed by atoms with E-state index in [1.165, 1.54) is 18.2 Å². The Morgan fingerprint density at radius 2 is 1.90 bits per heavy atom. The van der Waals surface area contributed by atoms with Gasteiger partial charge in [-0.1, -0.05) is 34.1 Å². The monoisotopic (exact) mass is 349 g/mol. The fourth-order valence-electron chi connectivity index (χ4n) is 2.06. The first-order chi connectivity index (χ1) is 9.97. The number of Topliss-reactive ketones (excluding diaryl/α,β-unsaturated/α-hetero) is 1. The molecule has 5 heteroatoms. The zero-order valence-corrected chi connectivity index (χ0v) is 13.2. The van der Waals surface area contributed by atoms with E-state index in [0.29, 0.717) is 6.54 Å². The van der Waals surface area contributed by atoms with Gasteiger partial charge in [0.15, 0.2) is 5.78 Å². The van der Waals surface area contributed by atoms with E-state index in [2.05, 4.69) is 15.9 Å². The molecular weight excluding hydrogens is 334 g/mol. The first-order valence-corrected chi connectivity index (χ1v) is 7.24. The third kappa shape index (κ3) is 4.06. The van der Waals surface area contributed by atoms with Crippen LogP contribution in [0.2, 0.25) is 0 Å². The molecule has 0 saturated heterocycles. The molecular formula is C16H16BrNO3. The molecule has 4 nitrogen and oxygen atoms in total. The molecule has 0 saturated carbocycles. The molecule has 0 spiro atoms. The zero-order chi connectivity index (χ0) is 15.4. The van der Waals surface area contributed by atoms with Gasteiger partial charge in [0.25, 0.3) is 0 Å². The van der Waals surface area contributed by atoms with Crippen molar-refractivity contribution in [2.45, 2.75) is 6.54 Å². The van der Waals surface area contributed by atoms with Crippen molar-refractivity contribution < 1.29 is 15.0 Å². The number of rotatable bonds is 5. The Bertz CT molecular complexity index is 658. The Kier molecular flexibility index (Phi) is 4.98. The Hall–Kier alpha value is -1.85. The maximum absolute atomic E-state index is 12.2. The van der Waals surface area contributed by atoms with Crippen molar-refractivity contribution in [3.05, 3.63) is 58.1 Å². The van der Waals surface area contributed by atoms with Crippen molar-refractivity contribution in [2.75, 3.05) is 13.6 Å². The summed E-state index contributed by atoms with van der Waals surface area (Å²) in [4.78, 5) is 14.0. The maximum Gasteiger partial charge on any atom is 0.180 e. The molecule has 0 aliphatic carbocycles. The van der Waals surface area contributed by atoms with Crippen molar-refractivity contribution in [1.29, 1.82) is 0 Å². The van der Waals surface area contributed by atoms with Crippen LogP contribution in [0.25, 0.3) is 0 Å². The van der Waals surface area contributed by atoms with Crippen LogP contribution in [-0.4, -0.2) is 34.5 Å². The van der Waals surface area contributed by atoms with E-state index in [1.54, 1.807) is 0 Å². The van der Waals surface area contributed by atoms with Crippen LogP contribution in [0.4, 0.5) is 0 Å². The van der Waals surface area contributed by atoms with Gasteiger partial charge in [-0.25, -0.2) is 0 Å². The Labute approximate surface area is 131 Å². The first-order valence-electron chi connectivity index (χ1n) is 6.44. The summed E-state index contributed by atoms with van der Waals surface area (Å²) >= 11 is 3.48. The Morgan fingerprint density at radius 3 is 2.57 bits per heavy atom. The number of nitrogens with zero attached hydrogens (tertiary/aromatic N) is 1. The predicted octanol–water partition coefficient (Wildman–Crippen LogP) is 3.18. The van der Waals surface area contributed by atoms with Crippen molar-refractivity contribution in [3.63, 3.8) is 0 Å². The lowest BCUT2D eigenvalue weighted by molar-refractivity contribution is 0.0940. The highest BCUT2D eigenvalue weighted by Crippen LogP contribution is 2.23. The quantitative estimate of drug-likeness (QED) is 0.814. The normalized spacial score (nSPS) is 10.8. The number of phenols is 2. The number of carbonyl (C=O) groups is 1. The number of benzene rings is 2. The summed E-state index contributed by atoms with van der Waals surface area (Å²) in [6.45, 7) is 0.797. The number of hydrogen-bond donors (Lipinski definition) is 2. The van der Waals surface area contributed by atoms with Crippen LogP contribution < -0.4 is 0 Å². The third-order valence-corrected chi connectivity index (χ3v) is 3.87. The summed E-state index contributed by atoms with van der Waals surface area (Å²) in [6.07, 6.45) is 0. The van der Waals surface area contributed by atoms with Crippen molar-refractivity contribution in [3.8, 4) is 11.5 Å². The molecule has 0 radical (unpaired) electrons. The summed E-state index contributed by atoms with van der Waals surface area (Å²) in [7, 11) is 1.84. The number of ketones is 1. The maximum atomic E-state index is 12.2. The van der Waals surface area contributed by atoms with Crippen LogP contribution >= 0.6 is 15.9 Å². The molecule has 0 heterocycles. The SMILES string of the molecule is CN(CC(=O)c1ccc(O)cc1O)Cc1ccccc1Br. The van der Waals surface area contributed by atoms with E-state index in [0.717, 1.165) is 10.0 Å². The van der Waals surface area contributed by atoms with Crippen LogP contribution in [0, 0.1) is 0 Å². The molecule has 0 aromatic heterocycles. The molecule has 2 aromatic rings. The molecule has 0 amide bonds. The van der Waals surface area contributed by atoms with Gasteiger partial charge in [-0.3, -0.25) is 9.69 Å². The average molecular weight is 350 g/mol. The lowest BCUT2D eigenvalue weighted by Gasteiger charge is -2.17. The van der Waals surface area contributed by atoms with Gasteiger partial charge < -0.3 is 10.2 Å². The van der Waals surface area contributed by atoms with Gasteiger partial charge in [-0.05, 0) is 30.8 Å². The van der Waals surface area contributed by atoms with Gasteiger partial charge >= 0.3 is 0 Å². The zero-order valence-electron chi connectivity index (χ0n) is 11.6. The van der Waals surface area contributed by atoms with E-state index in [4.69, 9.17) is 0 Å². The molecule has 0 aliphatic rings. The van der Waals surface area contributed by atoms with Crippen LogP contribution in [0.1, 0.15) is 15.9 Å². The highest BCUT2D eigenvalue weighted by molar-refractivity contribution is 9.10. The number of aromatic hydroxyl groups is 2.